The number of fused-ring (bicyclic) bond motifs is 1. The lowest BCUT2D eigenvalue weighted by Crippen LogP contribution is -2.48. The largest absolute Gasteiger partial charge is 0.497 e. The standard InChI is InChI=1S/C18H30N2O/c1-6-7-13(2)20(4)17-11-8-14-12-15(21-5)9-10-16(14)18(17)19-3/h9-10,12-13,17-19H,6-8,11H2,1-5H3. The van der Waals surface area contributed by atoms with E-state index in [1.807, 2.05) is 0 Å². The van der Waals surface area contributed by atoms with Crippen molar-refractivity contribution in [1.29, 1.82) is 0 Å². The van der Waals surface area contributed by atoms with Crippen LogP contribution < -0.4 is 10.1 Å². The number of nitrogens with zero attached hydrogens (tertiary/aromatic N) is 1. The van der Waals surface area contributed by atoms with Gasteiger partial charge in [-0.15, -0.1) is 0 Å². The fourth-order valence-corrected chi connectivity index (χ4v) is 3.64. The number of ether oxygens (including phenoxy) is 1. The quantitative estimate of drug-likeness (QED) is 0.869. The highest BCUT2D eigenvalue weighted by atomic mass is 16.5. The van der Waals surface area contributed by atoms with E-state index >= 15 is 0 Å². The van der Waals surface area contributed by atoms with Gasteiger partial charge in [-0.1, -0.05) is 19.4 Å². The molecular weight excluding hydrogens is 260 g/mol. The van der Waals surface area contributed by atoms with Crippen molar-refractivity contribution in [3.63, 3.8) is 0 Å². The van der Waals surface area contributed by atoms with Crippen molar-refractivity contribution in [3.05, 3.63) is 29.3 Å². The smallest absolute Gasteiger partial charge is 0.119 e. The van der Waals surface area contributed by atoms with E-state index in [0.717, 1.165) is 12.2 Å². The zero-order valence-corrected chi connectivity index (χ0v) is 14.1. The first-order chi connectivity index (χ1) is 10.1. The van der Waals surface area contributed by atoms with E-state index in [-0.39, 0.29) is 0 Å². The number of hydrogen-bond donors (Lipinski definition) is 1. The van der Waals surface area contributed by atoms with E-state index in [1.54, 1.807) is 7.11 Å². The van der Waals surface area contributed by atoms with E-state index < -0.39 is 0 Å². The van der Waals surface area contributed by atoms with Crippen molar-refractivity contribution in [2.75, 3.05) is 21.2 Å². The van der Waals surface area contributed by atoms with Gasteiger partial charge < -0.3 is 10.1 Å². The maximum absolute atomic E-state index is 5.36. The van der Waals surface area contributed by atoms with Crippen LogP contribution in [0.5, 0.6) is 5.75 Å². The van der Waals surface area contributed by atoms with Crippen molar-refractivity contribution in [2.24, 2.45) is 0 Å². The summed E-state index contributed by atoms with van der Waals surface area (Å²) >= 11 is 0. The first-order valence-corrected chi connectivity index (χ1v) is 8.18. The summed E-state index contributed by atoms with van der Waals surface area (Å²) in [7, 11) is 6.10. The van der Waals surface area contributed by atoms with Crippen molar-refractivity contribution >= 4 is 0 Å². The molecule has 2 rings (SSSR count). The molecule has 1 N–H and O–H groups in total. The molecule has 0 aliphatic heterocycles. The summed E-state index contributed by atoms with van der Waals surface area (Å²) < 4.78 is 5.36. The summed E-state index contributed by atoms with van der Waals surface area (Å²) in [5.41, 5.74) is 2.87. The maximum Gasteiger partial charge on any atom is 0.119 e. The third-order valence-electron chi connectivity index (χ3n) is 5.02. The Bertz CT molecular complexity index is 461. The highest BCUT2D eigenvalue weighted by Crippen LogP contribution is 2.35. The molecule has 1 aliphatic rings. The van der Waals surface area contributed by atoms with E-state index in [1.165, 1.54) is 30.4 Å². The number of methoxy groups -OCH3 is 1. The van der Waals surface area contributed by atoms with Crippen LogP contribution in [-0.4, -0.2) is 38.2 Å². The number of aryl methyl sites for hydroxylation is 1. The zero-order chi connectivity index (χ0) is 15.4. The van der Waals surface area contributed by atoms with Crippen molar-refractivity contribution < 1.29 is 4.74 Å². The van der Waals surface area contributed by atoms with Gasteiger partial charge in [0, 0.05) is 18.1 Å². The lowest BCUT2D eigenvalue weighted by Gasteiger charge is -2.42. The molecule has 3 nitrogen and oxygen atoms in total. The number of benzene rings is 1. The minimum Gasteiger partial charge on any atom is -0.497 e. The van der Waals surface area contributed by atoms with Crippen LogP contribution in [0.1, 0.15) is 50.3 Å². The molecule has 0 saturated carbocycles. The monoisotopic (exact) mass is 290 g/mol. The van der Waals surface area contributed by atoms with Crippen molar-refractivity contribution in [1.82, 2.24) is 10.2 Å². The Kier molecular flexibility index (Phi) is 5.65. The lowest BCUT2D eigenvalue weighted by atomic mass is 9.82. The number of rotatable bonds is 6. The van der Waals surface area contributed by atoms with Gasteiger partial charge >= 0.3 is 0 Å². The van der Waals surface area contributed by atoms with E-state index in [2.05, 4.69) is 56.4 Å². The van der Waals surface area contributed by atoms with Crippen LogP contribution in [0.4, 0.5) is 0 Å². The third kappa shape index (κ3) is 3.41. The summed E-state index contributed by atoms with van der Waals surface area (Å²) in [4.78, 5) is 2.57. The van der Waals surface area contributed by atoms with Crippen LogP contribution in [0, 0.1) is 0 Å². The van der Waals surface area contributed by atoms with Crippen LogP contribution in [-0.2, 0) is 6.42 Å². The Morgan fingerprint density at radius 1 is 1.43 bits per heavy atom. The highest BCUT2D eigenvalue weighted by molar-refractivity contribution is 5.40. The molecule has 1 aromatic carbocycles. The van der Waals surface area contributed by atoms with Gasteiger partial charge in [-0.05, 0) is 63.5 Å². The Hall–Kier alpha value is -1.06. The molecule has 3 heteroatoms. The number of likely N-dealkylation sites (N-methyl/N-ethyl adjacent to an activating group) is 2. The van der Waals surface area contributed by atoms with Gasteiger partial charge in [-0.2, -0.15) is 0 Å². The van der Waals surface area contributed by atoms with Gasteiger partial charge in [0.05, 0.1) is 7.11 Å². The van der Waals surface area contributed by atoms with E-state index in [9.17, 15) is 0 Å². The molecule has 3 atom stereocenters. The molecule has 0 spiro atoms. The fourth-order valence-electron chi connectivity index (χ4n) is 3.64. The number of nitrogens with one attached hydrogen (secondary N) is 1. The molecule has 0 radical (unpaired) electrons. The normalized spacial score (nSPS) is 23.0. The van der Waals surface area contributed by atoms with Gasteiger partial charge in [0.1, 0.15) is 5.75 Å². The average molecular weight is 290 g/mol. The molecule has 0 saturated heterocycles. The molecule has 21 heavy (non-hydrogen) atoms. The Morgan fingerprint density at radius 3 is 2.81 bits per heavy atom. The second-order valence-electron chi connectivity index (χ2n) is 6.24. The molecule has 0 aromatic heterocycles. The SMILES string of the molecule is CCCC(C)N(C)C1CCc2cc(OC)ccc2C1NC. The van der Waals surface area contributed by atoms with Crippen LogP contribution in [0.15, 0.2) is 18.2 Å². The molecule has 1 aliphatic carbocycles. The van der Waals surface area contributed by atoms with Gasteiger partial charge in [-0.25, -0.2) is 0 Å². The summed E-state index contributed by atoms with van der Waals surface area (Å²) in [6.07, 6.45) is 4.85. The van der Waals surface area contributed by atoms with Gasteiger partial charge in [-0.3, -0.25) is 4.90 Å². The highest BCUT2D eigenvalue weighted by Gasteiger charge is 2.32. The van der Waals surface area contributed by atoms with Crippen LogP contribution in [0.2, 0.25) is 0 Å². The second kappa shape index (κ2) is 7.28. The van der Waals surface area contributed by atoms with Crippen LogP contribution >= 0.6 is 0 Å². The fraction of sp³-hybridized carbons (Fsp3) is 0.667. The Labute approximate surface area is 129 Å². The van der Waals surface area contributed by atoms with Gasteiger partial charge in [0.2, 0.25) is 0 Å². The van der Waals surface area contributed by atoms with Crippen LogP contribution in [0.3, 0.4) is 0 Å². The maximum atomic E-state index is 5.36. The van der Waals surface area contributed by atoms with E-state index in [0.29, 0.717) is 18.1 Å². The predicted molar refractivity (Wildman–Crippen MR) is 89.0 cm³/mol. The Morgan fingerprint density at radius 2 is 2.19 bits per heavy atom. The summed E-state index contributed by atoms with van der Waals surface area (Å²) in [5, 5.41) is 3.54. The molecule has 1 aromatic rings. The zero-order valence-electron chi connectivity index (χ0n) is 14.1. The van der Waals surface area contributed by atoms with Gasteiger partial charge in [0.15, 0.2) is 0 Å². The molecule has 118 valence electrons. The summed E-state index contributed by atoms with van der Waals surface area (Å²) in [6, 6.07) is 8.13. The van der Waals surface area contributed by atoms with E-state index in [4.69, 9.17) is 4.74 Å². The first-order valence-electron chi connectivity index (χ1n) is 8.18. The Balaban J connectivity index is 2.23. The van der Waals surface area contributed by atoms with Gasteiger partial charge in [0.25, 0.3) is 0 Å². The second-order valence-corrected chi connectivity index (χ2v) is 6.24. The molecule has 3 unspecified atom stereocenters. The molecule has 0 heterocycles. The molecule has 0 amide bonds. The number of hydrogen-bond acceptors (Lipinski definition) is 3. The lowest BCUT2D eigenvalue weighted by molar-refractivity contribution is 0.128. The molecular formula is C18H30N2O. The predicted octanol–water partition coefficient (Wildman–Crippen LogP) is 3.39. The average Bonchev–Trinajstić information content (AvgIpc) is 2.52. The minimum atomic E-state index is 0.406. The third-order valence-corrected chi connectivity index (χ3v) is 5.02. The van der Waals surface area contributed by atoms with Crippen LogP contribution in [0.25, 0.3) is 0 Å². The molecule has 0 fully saturated rings. The summed E-state index contributed by atoms with van der Waals surface area (Å²) in [5.74, 6) is 0.967. The minimum absolute atomic E-state index is 0.406. The van der Waals surface area contributed by atoms with Crippen molar-refractivity contribution in [3.8, 4) is 5.75 Å². The molecule has 0 bridgehead atoms. The summed E-state index contributed by atoms with van der Waals surface area (Å²) in [6.45, 7) is 4.61. The topological polar surface area (TPSA) is 24.5 Å². The first kappa shape index (κ1) is 16.3. The van der Waals surface area contributed by atoms with Crippen molar-refractivity contribution in [2.45, 2.75) is 57.7 Å².